The minimum Gasteiger partial charge on any atom is -0.497 e. The van der Waals surface area contributed by atoms with Crippen LogP contribution in [0.15, 0.2) is 30.3 Å². The Morgan fingerprint density at radius 2 is 1.85 bits per heavy atom. The Bertz CT molecular complexity index is 922. The monoisotopic (exact) mass is 392 g/mol. The van der Waals surface area contributed by atoms with Gasteiger partial charge in [-0.3, -0.25) is 0 Å². The highest BCUT2D eigenvalue weighted by atomic mass is 35.5. The van der Waals surface area contributed by atoms with Crippen LogP contribution in [0, 0.1) is 0 Å². The van der Waals surface area contributed by atoms with Gasteiger partial charge in [0.1, 0.15) is 11.5 Å². The van der Waals surface area contributed by atoms with Gasteiger partial charge in [-0.05, 0) is 55.6 Å². The van der Waals surface area contributed by atoms with Crippen LogP contribution in [0.25, 0.3) is 22.2 Å². The van der Waals surface area contributed by atoms with E-state index >= 15 is 0 Å². The topological polar surface area (TPSA) is 60.3 Å². The highest BCUT2D eigenvalue weighted by Gasteiger charge is 2.19. The average Bonchev–Trinajstić information content (AvgIpc) is 3.03. The molecule has 4 nitrogen and oxygen atoms in total. The van der Waals surface area contributed by atoms with Gasteiger partial charge in [-0.1, -0.05) is 29.3 Å². The molecule has 0 fully saturated rings. The molecular weight excluding hydrogens is 371 g/mol. The smallest absolute Gasteiger partial charge is 0.128 e. The van der Waals surface area contributed by atoms with E-state index in [4.69, 9.17) is 38.4 Å². The lowest BCUT2D eigenvalue weighted by Gasteiger charge is -2.11. The summed E-state index contributed by atoms with van der Waals surface area (Å²) in [4.78, 5) is 3.46. The molecule has 26 heavy (non-hydrogen) atoms. The minimum atomic E-state index is 0.525. The molecule has 0 radical (unpaired) electrons. The van der Waals surface area contributed by atoms with Gasteiger partial charge in [-0.25, -0.2) is 0 Å². The minimum absolute atomic E-state index is 0.525. The molecule has 0 saturated carbocycles. The third-order valence-electron chi connectivity index (χ3n) is 4.53. The molecule has 3 aromatic rings. The molecule has 3 rings (SSSR count). The number of rotatable bonds is 7. The van der Waals surface area contributed by atoms with Crippen molar-refractivity contribution >= 4 is 34.1 Å². The van der Waals surface area contributed by atoms with Gasteiger partial charge in [0.25, 0.3) is 0 Å². The number of aromatic amines is 1. The molecule has 2 aromatic carbocycles. The lowest BCUT2D eigenvalue weighted by Crippen LogP contribution is -1.99. The second kappa shape index (κ2) is 8.21. The van der Waals surface area contributed by atoms with Crippen LogP contribution in [0.3, 0.4) is 0 Å². The van der Waals surface area contributed by atoms with Crippen LogP contribution in [0.5, 0.6) is 11.5 Å². The van der Waals surface area contributed by atoms with Gasteiger partial charge in [0.15, 0.2) is 0 Å². The zero-order chi connectivity index (χ0) is 18.7. The molecule has 1 aromatic heterocycles. The van der Waals surface area contributed by atoms with Gasteiger partial charge < -0.3 is 20.2 Å². The second-order valence-corrected chi connectivity index (χ2v) is 6.86. The summed E-state index contributed by atoms with van der Waals surface area (Å²) in [6.45, 7) is 0.673. The summed E-state index contributed by atoms with van der Waals surface area (Å²) in [5, 5.41) is 2.12. The van der Waals surface area contributed by atoms with Crippen LogP contribution in [-0.4, -0.2) is 25.7 Å². The summed E-state index contributed by atoms with van der Waals surface area (Å²) in [7, 11) is 3.31. The van der Waals surface area contributed by atoms with Crippen LogP contribution < -0.4 is 15.2 Å². The molecule has 6 heteroatoms. The fourth-order valence-electron chi connectivity index (χ4n) is 3.20. The van der Waals surface area contributed by atoms with Gasteiger partial charge in [0.05, 0.1) is 35.5 Å². The Kier molecular flexibility index (Phi) is 5.97. The van der Waals surface area contributed by atoms with Crippen LogP contribution >= 0.6 is 23.2 Å². The van der Waals surface area contributed by atoms with E-state index in [0.717, 1.165) is 52.9 Å². The third-order valence-corrected chi connectivity index (χ3v) is 5.33. The summed E-state index contributed by atoms with van der Waals surface area (Å²) in [5.41, 5.74) is 9.59. The quantitative estimate of drug-likeness (QED) is 0.526. The average molecular weight is 393 g/mol. The first kappa shape index (κ1) is 18.9. The predicted molar refractivity (Wildman–Crippen MR) is 109 cm³/mol. The highest BCUT2D eigenvalue weighted by Crippen LogP contribution is 2.41. The van der Waals surface area contributed by atoms with E-state index in [1.807, 2.05) is 30.3 Å². The van der Waals surface area contributed by atoms with Gasteiger partial charge in [0, 0.05) is 10.9 Å². The Hall–Kier alpha value is -1.88. The van der Waals surface area contributed by atoms with Crippen molar-refractivity contribution < 1.29 is 9.47 Å². The number of nitrogens with two attached hydrogens (primary N) is 1. The van der Waals surface area contributed by atoms with Gasteiger partial charge in [0.2, 0.25) is 0 Å². The number of aromatic nitrogens is 1. The summed E-state index contributed by atoms with van der Waals surface area (Å²) in [5.74, 6) is 1.52. The SMILES string of the molecule is COc1ccc(OC)c(-c2[nH]c3c(Cl)c(Cl)ccc3c2CCCCN)c1. The van der Waals surface area contributed by atoms with Crippen molar-refractivity contribution in [3.63, 3.8) is 0 Å². The highest BCUT2D eigenvalue weighted by molar-refractivity contribution is 6.45. The Labute approximate surface area is 163 Å². The van der Waals surface area contributed by atoms with E-state index in [0.29, 0.717) is 16.6 Å². The number of aryl methyl sites for hydroxylation is 1. The zero-order valence-electron chi connectivity index (χ0n) is 14.9. The molecule has 0 amide bonds. The second-order valence-electron chi connectivity index (χ2n) is 6.07. The van der Waals surface area contributed by atoms with E-state index in [-0.39, 0.29) is 0 Å². The lowest BCUT2D eigenvalue weighted by atomic mass is 9.99. The van der Waals surface area contributed by atoms with Gasteiger partial charge in [-0.2, -0.15) is 0 Å². The Morgan fingerprint density at radius 1 is 1.04 bits per heavy atom. The fourth-order valence-corrected chi connectivity index (χ4v) is 3.57. The molecule has 0 bridgehead atoms. The maximum absolute atomic E-state index is 6.45. The first-order chi connectivity index (χ1) is 12.6. The number of hydrogen-bond acceptors (Lipinski definition) is 3. The molecule has 0 aliphatic rings. The van der Waals surface area contributed by atoms with Crippen LogP contribution in [0.1, 0.15) is 18.4 Å². The molecular formula is C20H22Cl2N2O2. The number of benzene rings is 2. The summed E-state index contributed by atoms with van der Waals surface area (Å²) in [6.07, 6.45) is 2.83. The molecule has 0 atom stereocenters. The normalized spacial score (nSPS) is 11.1. The maximum atomic E-state index is 6.45. The molecule has 0 aliphatic carbocycles. The number of H-pyrrole nitrogens is 1. The first-order valence-corrected chi connectivity index (χ1v) is 9.27. The van der Waals surface area contributed by atoms with Crippen molar-refractivity contribution in [3.8, 4) is 22.8 Å². The Morgan fingerprint density at radius 3 is 2.54 bits per heavy atom. The van der Waals surface area contributed by atoms with Crippen molar-refractivity contribution in [2.45, 2.75) is 19.3 Å². The number of unbranched alkanes of at least 4 members (excludes halogenated alkanes) is 1. The molecule has 138 valence electrons. The van der Waals surface area contributed by atoms with Crippen molar-refractivity contribution in [1.82, 2.24) is 4.98 Å². The van der Waals surface area contributed by atoms with Crippen LogP contribution in [0.2, 0.25) is 10.0 Å². The third kappa shape index (κ3) is 3.50. The molecule has 0 saturated heterocycles. The van der Waals surface area contributed by atoms with Crippen molar-refractivity contribution in [3.05, 3.63) is 45.9 Å². The largest absolute Gasteiger partial charge is 0.497 e. The summed E-state index contributed by atoms with van der Waals surface area (Å²) >= 11 is 12.7. The van der Waals surface area contributed by atoms with Gasteiger partial charge >= 0.3 is 0 Å². The standard InChI is InChI=1S/C20H22Cl2N2O2/c1-25-12-6-9-17(26-2)15(11-12)19-13(5-3-4-10-23)14-7-8-16(21)18(22)20(14)24-19/h6-9,11,24H,3-5,10,23H2,1-2H3. The first-order valence-electron chi connectivity index (χ1n) is 8.51. The molecule has 0 aliphatic heterocycles. The number of fused-ring (bicyclic) bond motifs is 1. The van der Waals surface area contributed by atoms with Crippen molar-refractivity contribution in [2.24, 2.45) is 5.73 Å². The van der Waals surface area contributed by atoms with E-state index in [1.165, 1.54) is 5.56 Å². The molecule has 1 heterocycles. The summed E-state index contributed by atoms with van der Waals surface area (Å²) < 4.78 is 11.0. The van der Waals surface area contributed by atoms with Crippen LogP contribution in [0.4, 0.5) is 0 Å². The maximum Gasteiger partial charge on any atom is 0.128 e. The number of hydrogen-bond donors (Lipinski definition) is 2. The van der Waals surface area contributed by atoms with E-state index in [1.54, 1.807) is 14.2 Å². The number of nitrogens with one attached hydrogen (secondary N) is 1. The van der Waals surface area contributed by atoms with Crippen molar-refractivity contribution in [2.75, 3.05) is 20.8 Å². The number of halogens is 2. The van der Waals surface area contributed by atoms with Crippen molar-refractivity contribution in [1.29, 1.82) is 0 Å². The molecule has 3 N–H and O–H groups in total. The van der Waals surface area contributed by atoms with E-state index in [2.05, 4.69) is 4.98 Å². The number of methoxy groups -OCH3 is 2. The van der Waals surface area contributed by atoms with Crippen LogP contribution in [-0.2, 0) is 6.42 Å². The molecule has 0 spiro atoms. The number of ether oxygens (including phenoxy) is 2. The summed E-state index contributed by atoms with van der Waals surface area (Å²) in [6, 6.07) is 9.58. The lowest BCUT2D eigenvalue weighted by molar-refractivity contribution is 0.404. The van der Waals surface area contributed by atoms with E-state index in [9.17, 15) is 0 Å². The van der Waals surface area contributed by atoms with Gasteiger partial charge in [-0.15, -0.1) is 0 Å². The Balaban J connectivity index is 2.24. The zero-order valence-corrected chi connectivity index (χ0v) is 16.4. The van der Waals surface area contributed by atoms with E-state index < -0.39 is 0 Å². The fraction of sp³-hybridized carbons (Fsp3) is 0.300. The predicted octanol–water partition coefficient (Wildman–Crippen LogP) is 5.44. The molecule has 0 unspecified atom stereocenters.